The molecule has 114 valence electrons. The van der Waals surface area contributed by atoms with Crippen LogP contribution in [0.1, 0.15) is 36.6 Å². The molecule has 1 aromatic carbocycles. The van der Waals surface area contributed by atoms with Gasteiger partial charge in [-0.1, -0.05) is 12.1 Å². The van der Waals surface area contributed by atoms with Gasteiger partial charge in [-0.15, -0.1) is 5.10 Å². The number of hydrogen-bond acceptors (Lipinski definition) is 3. The van der Waals surface area contributed by atoms with E-state index in [1.807, 2.05) is 4.68 Å². The Morgan fingerprint density at radius 1 is 1.00 bits per heavy atom. The first kappa shape index (κ1) is 15.4. The molecule has 0 spiro atoms. The van der Waals surface area contributed by atoms with Crippen LogP contribution in [-0.2, 0) is 0 Å². The normalized spacial score (nSPS) is 11.0. The van der Waals surface area contributed by atoms with Crippen molar-refractivity contribution in [3.63, 3.8) is 0 Å². The molecule has 0 bridgehead atoms. The van der Waals surface area contributed by atoms with Gasteiger partial charge in [-0.25, -0.2) is 4.68 Å². The molecule has 0 saturated carbocycles. The highest BCUT2D eigenvalue weighted by Gasteiger charge is 2.23. The van der Waals surface area contributed by atoms with E-state index < -0.39 is 0 Å². The van der Waals surface area contributed by atoms with Crippen molar-refractivity contribution in [1.82, 2.24) is 9.78 Å². The zero-order valence-electron chi connectivity index (χ0n) is 13.9. The van der Waals surface area contributed by atoms with Crippen molar-refractivity contribution in [2.24, 2.45) is 0 Å². The summed E-state index contributed by atoms with van der Waals surface area (Å²) in [6, 6.07) is 4.53. The van der Waals surface area contributed by atoms with Gasteiger partial charge in [-0.3, -0.25) is 0 Å². The molecule has 0 radical (unpaired) electrons. The summed E-state index contributed by atoms with van der Waals surface area (Å²) >= 11 is 0. The Hall–Kier alpha value is -1.97. The number of nitrogens with zero attached hydrogens (tertiary/aromatic N) is 2. The molecule has 1 aromatic heterocycles. The zero-order chi connectivity index (χ0) is 15.7. The van der Waals surface area contributed by atoms with E-state index in [0.717, 1.165) is 17.0 Å². The third-order valence-corrected chi connectivity index (χ3v) is 3.93. The highest BCUT2D eigenvalue weighted by Crippen LogP contribution is 2.40. The molecule has 0 amide bonds. The molecular formula is C17H24N2O2. The first-order chi connectivity index (χ1) is 9.90. The minimum absolute atomic E-state index is 0.204. The maximum absolute atomic E-state index is 5.61. The van der Waals surface area contributed by atoms with Crippen molar-refractivity contribution in [2.45, 2.75) is 40.7 Å². The number of ether oxygens (including phenoxy) is 2. The predicted molar refractivity (Wildman–Crippen MR) is 85.4 cm³/mol. The van der Waals surface area contributed by atoms with Gasteiger partial charge in [0.15, 0.2) is 0 Å². The first-order valence-corrected chi connectivity index (χ1v) is 7.19. The third-order valence-electron chi connectivity index (χ3n) is 3.93. The van der Waals surface area contributed by atoms with Crippen LogP contribution in [0.4, 0.5) is 0 Å². The average molecular weight is 288 g/mol. The number of hydrogen-bond donors (Lipinski definition) is 0. The lowest BCUT2D eigenvalue weighted by Crippen LogP contribution is -2.05. The van der Waals surface area contributed by atoms with Gasteiger partial charge in [0.1, 0.15) is 5.56 Å². The van der Waals surface area contributed by atoms with Gasteiger partial charge in [-0.05, 0) is 56.9 Å². The Morgan fingerprint density at radius 2 is 1.57 bits per heavy atom. The second-order valence-corrected chi connectivity index (χ2v) is 5.67. The van der Waals surface area contributed by atoms with Crippen molar-refractivity contribution in [1.29, 1.82) is 0 Å². The summed E-state index contributed by atoms with van der Waals surface area (Å²) < 4.78 is 12.9. The van der Waals surface area contributed by atoms with Crippen LogP contribution in [0.5, 0.6) is 11.8 Å². The van der Waals surface area contributed by atoms with Crippen molar-refractivity contribution in [2.75, 3.05) is 14.2 Å². The second-order valence-electron chi connectivity index (χ2n) is 5.67. The van der Waals surface area contributed by atoms with Gasteiger partial charge < -0.3 is 9.47 Å². The Kier molecular flexibility index (Phi) is 4.26. The topological polar surface area (TPSA) is 36.3 Å². The van der Waals surface area contributed by atoms with Crippen molar-refractivity contribution >= 4 is 0 Å². The summed E-state index contributed by atoms with van der Waals surface area (Å²) in [5.74, 6) is 1.34. The fraction of sp³-hybridized carbons (Fsp3) is 0.471. The number of aryl methyl sites for hydroxylation is 2. The molecule has 1 heterocycles. The average Bonchev–Trinajstić information content (AvgIpc) is 2.82. The quantitative estimate of drug-likeness (QED) is 0.850. The van der Waals surface area contributed by atoms with E-state index in [9.17, 15) is 0 Å². The minimum Gasteiger partial charge on any atom is -0.481 e. The van der Waals surface area contributed by atoms with Gasteiger partial charge in [0.25, 0.3) is 0 Å². The molecule has 21 heavy (non-hydrogen) atoms. The van der Waals surface area contributed by atoms with E-state index in [4.69, 9.17) is 9.47 Å². The maximum atomic E-state index is 5.61. The molecule has 0 aliphatic carbocycles. The molecular weight excluding hydrogens is 264 g/mol. The SMILES string of the molecule is COc1nn(C(C)C)c(OC)c1-c1cc(C)c(C)c(C)c1. The molecule has 4 nitrogen and oxygen atoms in total. The van der Waals surface area contributed by atoms with Gasteiger partial charge in [0.2, 0.25) is 11.8 Å². The molecule has 4 heteroatoms. The summed E-state index contributed by atoms with van der Waals surface area (Å²) in [6.45, 7) is 10.5. The summed E-state index contributed by atoms with van der Waals surface area (Å²) in [6.07, 6.45) is 0. The first-order valence-electron chi connectivity index (χ1n) is 7.19. The largest absolute Gasteiger partial charge is 0.481 e. The summed E-state index contributed by atoms with van der Waals surface area (Å²) in [4.78, 5) is 0. The van der Waals surface area contributed by atoms with Crippen molar-refractivity contribution < 1.29 is 9.47 Å². The van der Waals surface area contributed by atoms with Crippen molar-refractivity contribution in [3.8, 4) is 22.9 Å². The zero-order valence-corrected chi connectivity index (χ0v) is 13.9. The van der Waals surface area contributed by atoms with E-state index in [0.29, 0.717) is 5.88 Å². The van der Waals surface area contributed by atoms with E-state index in [1.165, 1.54) is 16.7 Å². The van der Waals surface area contributed by atoms with Gasteiger partial charge in [0, 0.05) is 0 Å². The molecule has 0 N–H and O–H groups in total. The monoisotopic (exact) mass is 288 g/mol. The highest BCUT2D eigenvalue weighted by atomic mass is 16.5. The van der Waals surface area contributed by atoms with Crippen LogP contribution in [0.25, 0.3) is 11.1 Å². The molecule has 2 aromatic rings. The lowest BCUT2D eigenvalue weighted by atomic mass is 9.97. The lowest BCUT2D eigenvalue weighted by Gasteiger charge is -2.12. The standard InChI is InChI=1S/C17H24N2O2/c1-10(2)19-17(21-7)15(16(18-19)20-6)14-8-11(3)13(5)12(4)9-14/h8-10H,1-7H3. The molecule has 0 fully saturated rings. The van der Waals surface area contributed by atoms with Crippen LogP contribution >= 0.6 is 0 Å². The molecule has 0 aliphatic rings. The van der Waals surface area contributed by atoms with E-state index in [1.54, 1.807) is 14.2 Å². The van der Waals surface area contributed by atoms with Crippen molar-refractivity contribution in [3.05, 3.63) is 28.8 Å². The fourth-order valence-electron chi connectivity index (χ4n) is 2.51. The lowest BCUT2D eigenvalue weighted by molar-refractivity contribution is 0.340. The number of rotatable bonds is 4. The third kappa shape index (κ3) is 2.62. The smallest absolute Gasteiger partial charge is 0.244 e. The van der Waals surface area contributed by atoms with Crippen LogP contribution in [0.3, 0.4) is 0 Å². The second kappa shape index (κ2) is 5.80. The van der Waals surface area contributed by atoms with Crippen LogP contribution in [0.2, 0.25) is 0 Å². The summed E-state index contributed by atoms with van der Waals surface area (Å²) in [5, 5.41) is 4.53. The number of methoxy groups -OCH3 is 2. The molecule has 2 rings (SSSR count). The minimum atomic E-state index is 0.204. The van der Waals surface area contributed by atoms with Gasteiger partial charge in [0.05, 0.1) is 20.3 Å². The Labute approximate surface area is 126 Å². The van der Waals surface area contributed by atoms with Crippen LogP contribution in [-0.4, -0.2) is 24.0 Å². The van der Waals surface area contributed by atoms with Crippen LogP contribution in [0, 0.1) is 20.8 Å². The van der Waals surface area contributed by atoms with Crippen LogP contribution in [0.15, 0.2) is 12.1 Å². The summed E-state index contributed by atoms with van der Waals surface area (Å²) in [7, 11) is 3.32. The maximum Gasteiger partial charge on any atom is 0.244 e. The molecule has 0 saturated heterocycles. The Balaban J connectivity index is 2.73. The molecule has 0 unspecified atom stereocenters. The number of aromatic nitrogens is 2. The van der Waals surface area contributed by atoms with Gasteiger partial charge in [-0.2, -0.15) is 0 Å². The molecule has 0 aliphatic heterocycles. The highest BCUT2D eigenvalue weighted by molar-refractivity contribution is 5.75. The van der Waals surface area contributed by atoms with Crippen LogP contribution < -0.4 is 9.47 Å². The van der Waals surface area contributed by atoms with E-state index in [-0.39, 0.29) is 6.04 Å². The predicted octanol–water partition coefficient (Wildman–Crippen LogP) is 4.07. The Bertz CT molecular complexity index is 634. The molecule has 0 atom stereocenters. The van der Waals surface area contributed by atoms with E-state index >= 15 is 0 Å². The summed E-state index contributed by atoms with van der Waals surface area (Å²) in [5.41, 5.74) is 5.82. The Morgan fingerprint density at radius 3 is 2.00 bits per heavy atom. The fourth-order valence-corrected chi connectivity index (χ4v) is 2.51. The number of benzene rings is 1. The van der Waals surface area contributed by atoms with Gasteiger partial charge >= 0.3 is 0 Å². The van der Waals surface area contributed by atoms with E-state index in [2.05, 4.69) is 51.9 Å².